The van der Waals surface area contributed by atoms with E-state index >= 15 is 0 Å². The smallest absolute Gasteiger partial charge is 0.131 e. The van der Waals surface area contributed by atoms with E-state index in [9.17, 15) is 0 Å². The molecule has 0 aliphatic carbocycles. The predicted octanol–water partition coefficient (Wildman–Crippen LogP) is -0.397. The number of hydrogen-bond acceptors (Lipinski definition) is 4. The number of aliphatic imine (C=N–C) groups is 1. The molecule has 1 heterocycles. The van der Waals surface area contributed by atoms with E-state index < -0.39 is 0 Å². The summed E-state index contributed by atoms with van der Waals surface area (Å²) in [6.07, 6.45) is 2.81. The van der Waals surface area contributed by atoms with Crippen LogP contribution >= 0.6 is 0 Å². The largest absolute Gasteiger partial charge is 0.509 e. The first-order valence-corrected chi connectivity index (χ1v) is 2.21. The molecule has 0 bridgehead atoms. The van der Waals surface area contributed by atoms with Gasteiger partial charge in [-0.05, 0) is 0 Å². The first kappa shape index (κ1) is 5.11. The van der Waals surface area contributed by atoms with Crippen molar-refractivity contribution >= 4 is 6.34 Å². The number of rotatable bonds is 0. The molecule has 3 N–H and O–H groups in total. The number of aliphatic hydroxyl groups excluding tert-OH is 1. The monoisotopic (exact) mass is 113 g/mol. The van der Waals surface area contributed by atoms with Crippen LogP contribution in [0.25, 0.3) is 0 Å². The fraction of sp³-hybridized carbons (Fsp3) is 0.250. The highest BCUT2D eigenvalue weighted by Crippen LogP contribution is 1.93. The van der Waals surface area contributed by atoms with Crippen LogP contribution in [0.15, 0.2) is 17.0 Å². The Hall–Kier alpha value is -1.03. The second-order valence-corrected chi connectivity index (χ2v) is 1.56. The Morgan fingerprint density at radius 1 is 1.88 bits per heavy atom. The van der Waals surface area contributed by atoms with Gasteiger partial charge in [0.1, 0.15) is 12.1 Å². The molecule has 0 aromatic carbocycles. The predicted molar refractivity (Wildman–Crippen MR) is 30.1 cm³/mol. The average molecular weight is 113 g/mol. The molecule has 1 aliphatic heterocycles. The molecule has 44 valence electrons. The molecule has 8 heavy (non-hydrogen) atoms. The summed E-state index contributed by atoms with van der Waals surface area (Å²) in [5.74, 6) is 5.40. The second kappa shape index (κ2) is 1.83. The van der Waals surface area contributed by atoms with E-state index in [1.54, 1.807) is 0 Å². The van der Waals surface area contributed by atoms with E-state index in [2.05, 4.69) is 4.99 Å². The molecule has 4 nitrogen and oxygen atoms in total. The highest BCUT2D eigenvalue weighted by Gasteiger charge is 1.99. The third-order valence-electron chi connectivity index (χ3n) is 0.783. The third kappa shape index (κ3) is 0.974. The molecule has 0 atom stereocenters. The Labute approximate surface area is 46.9 Å². The molecule has 1 aliphatic rings. The summed E-state index contributed by atoms with van der Waals surface area (Å²) in [6.45, 7) is 0.351. The van der Waals surface area contributed by atoms with Crippen LogP contribution in [0.1, 0.15) is 0 Å². The number of nitrogens with two attached hydrogens (primary N) is 1. The lowest BCUT2D eigenvalue weighted by molar-refractivity contribution is 0.334. The topological polar surface area (TPSA) is 61.8 Å². The summed E-state index contributed by atoms with van der Waals surface area (Å²) in [6, 6.07) is 0. The molecule has 0 fully saturated rings. The van der Waals surface area contributed by atoms with Gasteiger partial charge < -0.3 is 5.11 Å². The van der Waals surface area contributed by atoms with Crippen molar-refractivity contribution in [2.75, 3.05) is 6.54 Å². The zero-order valence-corrected chi connectivity index (χ0v) is 4.28. The van der Waals surface area contributed by atoms with Crippen molar-refractivity contribution in [1.82, 2.24) is 5.01 Å². The van der Waals surface area contributed by atoms with Crippen LogP contribution in [0.5, 0.6) is 0 Å². The van der Waals surface area contributed by atoms with E-state index in [1.807, 2.05) is 0 Å². The number of hydrazine groups is 1. The Balaban J connectivity index is 2.59. The molecular weight excluding hydrogens is 106 g/mol. The second-order valence-electron chi connectivity index (χ2n) is 1.56. The van der Waals surface area contributed by atoms with Gasteiger partial charge in [-0.25, -0.2) is 10.8 Å². The van der Waals surface area contributed by atoms with Crippen LogP contribution < -0.4 is 5.84 Å². The van der Waals surface area contributed by atoms with Gasteiger partial charge in [0, 0.05) is 0 Å². The van der Waals surface area contributed by atoms with Gasteiger partial charge in [-0.1, -0.05) is 0 Å². The minimum Gasteiger partial charge on any atom is -0.509 e. The molecule has 1 rings (SSSR count). The summed E-state index contributed by atoms with van der Waals surface area (Å²) in [4.78, 5) is 3.60. The number of hydrogen-bond donors (Lipinski definition) is 2. The van der Waals surface area contributed by atoms with Crippen LogP contribution in [0.2, 0.25) is 0 Å². The van der Waals surface area contributed by atoms with Crippen molar-refractivity contribution in [2.45, 2.75) is 0 Å². The molecule has 0 amide bonds. The first-order valence-electron chi connectivity index (χ1n) is 2.21. The van der Waals surface area contributed by atoms with Gasteiger partial charge in [0.15, 0.2) is 0 Å². The van der Waals surface area contributed by atoms with Crippen molar-refractivity contribution < 1.29 is 5.11 Å². The maximum atomic E-state index is 8.71. The van der Waals surface area contributed by atoms with Crippen LogP contribution in [0.3, 0.4) is 0 Å². The highest BCUT2D eigenvalue weighted by molar-refractivity contribution is 5.56. The van der Waals surface area contributed by atoms with Gasteiger partial charge in [-0.15, -0.1) is 0 Å². The van der Waals surface area contributed by atoms with Crippen molar-refractivity contribution in [2.24, 2.45) is 10.8 Å². The SMILES string of the molecule is NN1C=NC=C(O)C1. The van der Waals surface area contributed by atoms with Gasteiger partial charge in [0.25, 0.3) is 0 Å². The van der Waals surface area contributed by atoms with E-state index in [0.717, 1.165) is 0 Å². The highest BCUT2D eigenvalue weighted by atomic mass is 16.3. The first-order chi connectivity index (χ1) is 3.79. The van der Waals surface area contributed by atoms with Crippen molar-refractivity contribution in [1.29, 1.82) is 0 Å². The number of nitrogens with zero attached hydrogens (tertiary/aromatic N) is 2. The van der Waals surface area contributed by atoms with E-state index in [4.69, 9.17) is 10.9 Å². The van der Waals surface area contributed by atoms with Crippen molar-refractivity contribution in [3.05, 3.63) is 12.0 Å². The molecule has 0 saturated heterocycles. The van der Waals surface area contributed by atoms with E-state index in [-0.39, 0.29) is 5.76 Å². The molecule has 0 spiro atoms. The summed E-state index contributed by atoms with van der Waals surface area (Å²) in [5, 5.41) is 10.0. The van der Waals surface area contributed by atoms with Gasteiger partial charge >= 0.3 is 0 Å². The van der Waals surface area contributed by atoms with Crippen LogP contribution in [0, 0.1) is 0 Å². The fourth-order valence-corrected chi connectivity index (χ4v) is 0.474. The molecule has 0 unspecified atom stereocenters. The van der Waals surface area contributed by atoms with E-state index in [0.29, 0.717) is 6.54 Å². The lowest BCUT2D eigenvalue weighted by Gasteiger charge is -2.13. The summed E-state index contributed by atoms with van der Waals surface area (Å²) in [7, 11) is 0. The van der Waals surface area contributed by atoms with Crippen LogP contribution in [0.4, 0.5) is 0 Å². The average Bonchev–Trinajstić information content (AvgIpc) is 1.64. The quantitative estimate of drug-likeness (QED) is 0.420. The fourth-order valence-electron chi connectivity index (χ4n) is 0.474. The molecule has 0 radical (unpaired) electrons. The lowest BCUT2D eigenvalue weighted by atomic mass is 10.5. The standard InChI is InChI=1S/C4H7N3O/c5-7-2-4(8)1-6-3-7/h1,3,8H,2,5H2. The Morgan fingerprint density at radius 2 is 2.62 bits per heavy atom. The van der Waals surface area contributed by atoms with Crippen molar-refractivity contribution in [3.8, 4) is 0 Å². The molecular formula is C4H7N3O. The Bertz CT molecular complexity index is 140. The maximum Gasteiger partial charge on any atom is 0.131 e. The van der Waals surface area contributed by atoms with Crippen LogP contribution in [-0.4, -0.2) is 23.0 Å². The Morgan fingerprint density at radius 3 is 3.00 bits per heavy atom. The lowest BCUT2D eigenvalue weighted by Crippen LogP contribution is -2.32. The molecule has 0 aromatic heterocycles. The molecule has 0 saturated carbocycles. The van der Waals surface area contributed by atoms with Gasteiger partial charge in [0.2, 0.25) is 0 Å². The normalized spacial score (nSPS) is 18.6. The van der Waals surface area contributed by atoms with Gasteiger partial charge in [-0.2, -0.15) is 0 Å². The molecule has 0 aromatic rings. The van der Waals surface area contributed by atoms with Crippen LogP contribution in [-0.2, 0) is 0 Å². The van der Waals surface area contributed by atoms with Crippen molar-refractivity contribution in [3.63, 3.8) is 0 Å². The summed E-state index contributed by atoms with van der Waals surface area (Å²) in [5.41, 5.74) is 0. The minimum absolute atomic E-state index is 0.190. The summed E-state index contributed by atoms with van der Waals surface area (Å²) >= 11 is 0. The minimum atomic E-state index is 0.190. The van der Waals surface area contributed by atoms with Gasteiger partial charge in [-0.3, -0.25) is 5.01 Å². The zero-order chi connectivity index (χ0) is 5.98. The third-order valence-corrected chi connectivity index (χ3v) is 0.783. The Kier molecular flexibility index (Phi) is 1.17. The number of aliphatic hydroxyl groups is 1. The summed E-state index contributed by atoms with van der Waals surface area (Å²) < 4.78 is 0. The zero-order valence-electron chi connectivity index (χ0n) is 4.28. The van der Waals surface area contributed by atoms with Gasteiger partial charge in [0.05, 0.1) is 12.7 Å². The maximum absolute atomic E-state index is 8.71. The van der Waals surface area contributed by atoms with E-state index in [1.165, 1.54) is 17.5 Å². The molecule has 4 heteroatoms.